The van der Waals surface area contributed by atoms with Gasteiger partial charge in [0.05, 0.1) is 19.5 Å². The summed E-state index contributed by atoms with van der Waals surface area (Å²) in [6.45, 7) is 5.46. The normalized spacial score (nSPS) is 32.5. The molecule has 1 fully saturated rings. The van der Waals surface area contributed by atoms with Crippen LogP contribution in [0.1, 0.15) is 13.8 Å². The van der Waals surface area contributed by atoms with Crippen molar-refractivity contribution >= 4 is 8.60 Å². The van der Waals surface area contributed by atoms with Crippen LogP contribution < -0.4 is 0 Å². The molecule has 1 heterocycles. The first-order valence-electron chi connectivity index (χ1n) is 3.67. The van der Waals surface area contributed by atoms with Crippen molar-refractivity contribution in [2.75, 3.05) is 13.2 Å². The standard InChI is InChI=1S/C7H13O3P/c1-3-4-8-11-9-5-7(2)6-10-11/h3-4,7H,5-6H2,1-2H3. The van der Waals surface area contributed by atoms with E-state index in [4.69, 9.17) is 13.6 Å². The highest BCUT2D eigenvalue weighted by Crippen LogP contribution is 2.43. The zero-order chi connectivity index (χ0) is 8.10. The monoisotopic (exact) mass is 176 g/mol. The minimum Gasteiger partial charge on any atom is -0.435 e. The predicted octanol–water partition coefficient (Wildman–Crippen LogP) is 2.45. The van der Waals surface area contributed by atoms with Gasteiger partial charge in [0.1, 0.15) is 0 Å². The first-order chi connectivity index (χ1) is 5.33. The Hall–Kier alpha value is -0.110. The smallest absolute Gasteiger partial charge is 0.396 e. The van der Waals surface area contributed by atoms with Gasteiger partial charge in [-0.05, 0) is 6.92 Å². The zero-order valence-electron chi connectivity index (χ0n) is 6.82. The molecule has 0 saturated carbocycles. The van der Waals surface area contributed by atoms with Gasteiger partial charge >= 0.3 is 8.60 Å². The highest BCUT2D eigenvalue weighted by Gasteiger charge is 2.21. The first kappa shape index (κ1) is 8.98. The summed E-state index contributed by atoms with van der Waals surface area (Å²) in [6.07, 6.45) is 3.41. The molecule has 0 unspecified atom stereocenters. The molecule has 3 nitrogen and oxygen atoms in total. The largest absolute Gasteiger partial charge is 0.435 e. The Morgan fingerprint density at radius 2 is 2.09 bits per heavy atom. The van der Waals surface area contributed by atoms with Crippen molar-refractivity contribution in [2.45, 2.75) is 13.8 Å². The van der Waals surface area contributed by atoms with Crippen LogP contribution in [0.15, 0.2) is 12.3 Å². The number of hydrogen-bond acceptors (Lipinski definition) is 3. The SMILES string of the molecule is CC=COP1OCC(C)CO1. The molecule has 0 aromatic rings. The van der Waals surface area contributed by atoms with Crippen LogP contribution >= 0.6 is 8.60 Å². The van der Waals surface area contributed by atoms with Crippen molar-refractivity contribution in [3.8, 4) is 0 Å². The molecule has 0 aromatic carbocycles. The fourth-order valence-corrected chi connectivity index (χ4v) is 1.80. The second-order valence-electron chi connectivity index (χ2n) is 2.50. The van der Waals surface area contributed by atoms with Crippen molar-refractivity contribution in [1.82, 2.24) is 0 Å². The minimum absolute atomic E-state index is 0.489. The van der Waals surface area contributed by atoms with Crippen LogP contribution in [-0.2, 0) is 13.6 Å². The molecule has 0 N–H and O–H groups in total. The quantitative estimate of drug-likeness (QED) is 0.477. The van der Waals surface area contributed by atoms with E-state index >= 15 is 0 Å². The van der Waals surface area contributed by atoms with E-state index in [0.717, 1.165) is 13.2 Å². The van der Waals surface area contributed by atoms with Crippen LogP contribution in [0.3, 0.4) is 0 Å². The third kappa shape index (κ3) is 3.19. The third-order valence-corrected chi connectivity index (χ3v) is 2.23. The summed E-state index contributed by atoms with van der Waals surface area (Å²) >= 11 is 0. The van der Waals surface area contributed by atoms with E-state index in [2.05, 4.69) is 6.92 Å². The molecule has 4 heteroatoms. The van der Waals surface area contributed by atoms with Crippen LogP contribution in [0.25, 0.3) is 0 Å². The van der Waals surface area contributed by atoms with E-state index < -0.39 is 8.60 Å². The number of allylic oxidation sites excluding steroid dienone is 1. The second kappa shape index (κ2) is 4.70. The Bertz CT molecular complexity index is 130. The van der Waals surface area contributed by atoms with Crippen molar-refractivity contribution < 1.29 is 13.6 Å². The van der Waals surface area contributed by atoms with Gasteiger partial charge in [0.2, 0.25) is 0 Å². The van der Waals surface area contributed by atoms with Crippen LogP contribution in [0.2, 0.25) is 0 Å². The molecule has 1 rings (SSSR count). The Balaban J connectivity index is 2.17. The van der Waals surface area contributed by atoms with E-state index in [1.54, 1.807) is 6.26 Å². The van der Waals surface area contributed by atoms with Gasteiger partial charge in [0.15, 0.2) is 0 Å². The van der Waals surface area contributed by atoms with E-state index in [1.807, 2.05) is 13.0 Å². The molecule has 0 aromatic heterocycles. The minimum atomic E-state index is -1.09. The Kier molecular flexibility index (Phi) is 3.84. The summed E-state index contributed by atoms with van der Waals surface area (Å²) in [4.78, 5) is 0. The molecule has 1 saturated heterocycles. The predicted molar refractivity (Wildman–Crippen MR) is 43.9 cm³/mol. The number of hydrogen-bond donors (Lipinski definition) is 0. The maximum atomic E-state index is 5.26. The van der Waals surface area contributed by atoms with Crippen LogP contribution in [0.4, 0.5) is 0 Å². The molecule has 11 heavy (non-hydrogen) atoms. The molecule has 0 spiro atoms. The Morgan fingerprint density at radius 1 is 1.45 bits per heavy atom. The fourth-order valence-electron chi connectivity index (χ4n) is 0.633. The number of rotatable bonds is 2. The van der Waals surface area contributed by atoms with E-state index in [1.165, 1.54) is 0 Å². The average molecular weight is 176 g/mol. The van der Waals surface area contributed by atoms with Crippen LogP contribution in [-0.4, -0.2) is 13.2 Å². The van der Waals surface area contributed by atoms with Crippen molar-refractivity contribution in [3.63, 3.8) is 0 Å². The van der Waals surface area contributed by atoms with Gasteiger partial charge in [0.25, 0.3) is 0 Å². The molecule has 1 aliphatic heterocycles. The summed E-state index contributed by atoms with van der Waals surface area (Å²) in [5, 5.41) is 0. The molecule has 0 amide bonds. The Labute approximate surface area is 68.3 Å². The topological polar surface area (TPSA) is 27.7 Å². The molecular weight excluding hydrogens is 163 g/mol. The maximum Gasteiger partial charge on any atom is 0.396 e. The van der Waals surface area contributed by atoms with E-state index in [9.17, 15) is 0 Å². The van der Waals surface area contributed by atoms with Gasteiger partial charge in [-0.3, -0.25) is 0 Å². The molecule has 1 aliphatic rings. The van der Waals surface area contributed by atoms with Crippen LogP contribution in [0.5, 0.6) is 0 Å². The molecule has 0 radical (unpaired) electrons. The molecular formula is C7H13O3P. The lowest BCUT2D eigenvalue weighted by Gasteiger charge is -2.23. The van der Waals surface area contributed by atoms with Crippen molar-refractivity contribution in [1.29, 1.82) is 0 Å². The summed E-state index contributed by atoms with van der Waals surface area (Å²) in [6, 6.07) is 0. The summed E-state index contributed by atoms with van der Waals surface area (Å²) in [7, 11) is -1.09. The van der Waals surface area contributed by atoms with Crippen molar-refractivity contribution in [3.05, 3.63) is 12.3 Å². The third-order valence-electron chi connectivity index (χ3n) is 1.21. The zero-order valence-corrected chi connectivity index (χ0v) is 7.71. The van der Waals surface area contributed by atoms with Gasteiger partial charge in [0, 0.05) is 5.92 Å². The fraction of sp³-hybridized carbons (Fsp3) is 0.714. The van der Waals surface area contributed by atoms with Gasteiger partial charge < -0.3 is 13.6 Å². The van der Waals surface area contributed by atoms with Crippen molar-refractivity contribution in [2.24, 2.45) is 5.92 Å². The van der Waals surface area contributed by atoms with Gasteiger partial charge in [-0.25, -0.2) is 0 Å². The lowest BCUT2D eigenvalue weighted by molar-refractivity contribution is 0.0954. The lowest BCUT2D eigenvalue weighted by Crippen LogP contribution is -2.16. The van der Waals surface area contributed by atoms with Gasteiger partial charge in [-0.15, -0.1) is 0 Å². The average Bonchev–Trinajstić information content (AvgIpc) is 2.04. The highest BCUT2D eigenvalue weighted by molar-refractivity contribution is 7.41. The summed E-state index contributed by atoms with van der Waals surface area (Å²) < 4.78 is 15.6. The second-order valence-corrected chi connectivity index (χ2v) is 3.67. The molecule has 0 atom stereocenters. The summed E-state index contributed by atoms with van der Waals surface area (Å²) in [5.74, 6) is 0.489. The lowest BCUT2D eigenvalue weighted by atomic mass is 10.2. The Morgan fingerprint density at radius 3 is 2.64 bits per heavy atom. The summed E-state index contributed by atoms with van der Waals surface area (Å²) in [5.41, 5.74) is 0. The van der Waals surface area contributed by atoms with Crippen LogP contribution in [0, 0.1) is 5.92 Å². The maximum absolute atomic E-state index is 5.26. The first-order valence-corrected chi connectivity index (χ1v) is 4.76. The van der Waals surface area contributed by atoms with Gasteiger partial charge in [-0.2, -0.15) is 0 Å². The molecule has 0 bridgehead atoms. The highest BCUT2D eigenvalue weighted by atomic mass is 31.2. The molecule has 64 valence electrons. The molecule has 0 aliphatic carbocycles. The van der Waals surface area contributed by atoms with Gasteiger partial charge in [-0.1, -0.05) is 13.0 Å². The van der Waals surface area contributed by atoms with E-state index in [0.29, 0.717) is 5.92 Å². The van der Waals surface area contributed by atoms with E-state index in [-0.39, 0.29) is 0 Å².